The second kappa shape index (κ2) is 8.59. The molecular formula is C23H19F2NO2. The summed E-state index contributed by atoms with van der Waals surface area (Å²) >= 11 is 0. The molecule has 142 valence electrons. The lowest BCUT2D eigenvalue weighted by atomic mass is 9.93. The van der Waals surface area contributed by atoms with Gasteiger partial charge in [-0.05, 0) is 46.9 Å². The van der Waals surface area contributed by atoms with Crippen molar-refractivity contribution in [3.63, 3.8) is 0 Å². The Morgan fingerprint density at radius 3 is 2.36 bits per heavy atom. The molecule has 0 saturated carbocycles. The van der Waals surface area contributed by atoms with E-state index in [1.165, 1.54) is 12.1 Å². The van der Waals surface area contributed by atoms with Crippen LogP contribution in [0.15, 0.2) is 78.9 Å². The topological polar surface area (TPSA) is 63.3 Å². The maximum Gasteiger partial charge on any atom is 0.320 e. The van der Waals surface area contributed by atoms with Gasteiger partial charge < -0.3 is 10.8 Å². The predicted octanol–water partition coefficient (Wildman–Crippen LogP) is 4.87. The van der Waals surface area contributed by atoms with E-state index in [1.807, 2.05) is 48.5 Å². The SMILES string of the molecule is NC(CC=C(c1cccc(-c2ccccc2)c1)c1ccc(F)cc1F)C(=O)O. The number of carboxylic acid groups (broad SMARTS) is 1. The summed E-state index contributed by atoms with van der Waals surface area (Å²) in [6.07, 6.45) is 1.59. The Kier molecular flexibility index (Phi) is 5.96. The molecule has 3 N–H and O–H groups in total. The molecule has 3 aromatic rings. The molecule has 3 nitrogen and oxygen atoms in total. The first-order valence-electron chi connectivity index (χ1n) is 8.75. The number of carbonyl (C=O) groups is 1. The number of halogens is 2. The van der Waals surface area contributed by atoms with Crippen molar-refractivity contribution in [3.8, 4) is 11.1 Å². The third-order valence-electron chi connectivity index (χ3n) is 4.40. The molecule has 0 aromatic heterocycles. The molecule has 0 radical (unpaired) electrons. The van der Waals surface area contributed by atoms with Crippen molar-refractivity contribution in [1.82, 2.24) is 0 Å². The molecule has 1 atom stereocenters. The van der Waals surface area contributed by atoms with Gasteiger partial charge in [0.2, 0.25) is 0 Å². The number of benzene rings is 3. The number of rotatable bonds is 6. The number of aliphatic carboxylic acids is 1. The Balaban J connectivity index is 2.09. The molecule has 0 fully saturated rings. The van der Waals surface area contributed by atoms with Crippen molar-refractivity contribution in [2.24, 2.45) is 5.73 Å². The van der Waals surface area contributed by atoms with Crippen LogP contribution in [0.2, 0.25) is 0 Å². The molecule has 1 unspecified atom stereocenters. The second-order valence-electron chi connectivity index (χ2n) is 6.37. The molecule has 3 rings (SSSR count). The van der Waals surface area contributed by atoms with Crippen LogP contribution in [0.4, 0.5) is 8.78 Å². The number of nitrogens with two attached hydrogens (primary N) is 1. The largest absolute Gasteiger partial charge is 0.480 e. The normalized spacial score (nSPS) is 12.6. The summed E-state index contributed by atoms with van der Waals surface area (Å²) in [6.45, 7) is 0. The third-order valence-corrected chi connectivity index (χ3v) is 4.40. The van der Waals surface area contributed by atoms with Crippen LogP contribution >= 0.6 is 0 Å². The highest BCUT2D eigenvalue weighted by molar-refractivity contribution is 5.83. The average Bonchev–Trinajstić information content (AvgIpc) is 2.70. The lowest BCUT2D eigenvalue weighted by Crippen LogP contribution is -2.29. The number of hydrogen-bond donors (Lipinski definition) is 2. The summed E-state index contributed by atoms with van der Waals surface area (Å²) in [6, 6.07) is 19.3. The summed E-state index contributed by atoms with van der Waals surface area (Å²) in [5.74, 6) is -2.55. The first-order valence-corrected chi connectivity index (χ1v) is 8.75. The van der Waals surface area contributed by atoms with E-state index in [4.69, 9.17) is 10.8 Å². The van der Waals surface area contributed by atoms with Crippen molar-refractivity contribution in [2.45, 2.75) is 12.5 Å². The summed E-state index contributed by atoms with van der Waals surface area (Å²) in [5, 5.41) is 9.04. The van der Waals surface area contributed by atoms with Crippen molar-refractivity contribution in [3.05, 3.63) is 102 Å². The summed E-state index contributed by atoms with van der Waals surface area (Å²) in [4.78, 5) is 11.1. The van der Waals surface area contributed by atoms with Gasteiger partial charge in [-0.2, -0.15) is 0 Å². The highest BCUT2D eigenvalue weighted by Crippen LogP contribution is 2.30. The van der Waals surface area contributed by atoms with Crippen molar-refractivity contribution >= 4 is 11.5 Å². The lowest BCUT2D eigenvalue weighted by molar-refractivity contribution is -0.138. The first-order chi connectivity index (χ1) is 13.5. The van der Waals surface area contributed by atoms with Crippen LogP contribution in [-0.2, 0) is 4.79 Å². The molecule has 0 heterocycles. The molecular weight excluding hydrogens is 360 g/mol. The van der Waals surface area contributed by atoms with Gasteiger partial charge in [0.15, 0.2) is 0 Å². The van der Waals surface area contributed by atoms with Gasteiger partial charge in [0.05, 0.1) is 0 Å². The van der Waals surface area contributed by atoms with Crippen molar-refractivity contribution in [1.29, 1.82) is 0 Å². The standard InChI is InChI=1S/C23H19F2NO2/c24-18-9-10-20(21(25)14-18)19(11-12-22(26)23(27)28)17-8-4-7-16(13-17)15-5-2-1-3-6-15/h1-11,13-14,22H,12,26H2,(H,27,28). The van der Waals surface area contributed by atoms with E-state index in [-0.39, 0.29) is 12.0 Å². The maximum absolute atomic E-state index is 14.5. The van der Waals surface area contributed by atoms with Gasteiger partial charge in [-0.3, -0.25) is 4.79 Å². The van der Waals surface area contributed by atoms with Crippen LogP contribution in [0.5, 0.6) is 0 Å². The van der Waals surface area contributed by atoms with Gasteiger partial charge in [0.1, 0.15) is 17.7 Å². The van der Waals surface area contributed by atoms with Crippen LogP contribution in [0.1, 0.15) is 17.5 Å². The van der Waals surface area contributed by atoms with Gasteiger partial charge in [-0.1, -0.05) is 54.6 Å². The maximum atomic E-state index is 14.5. The molecule has 28 heavy (non-hydrogen) atoms. The fraction of sp³-hybridized carbons (Fsp3) is 0.0870. The monoisotopic (exact) mass is 379 g/mol. The summed E-state index contributed by atoms with van der Waals surface area (Å²) in [7, 11) is 0. The molecule has 5 heteroatoms. The third kappa shape index (κ3) is 4.50. The fourth-order valence-corrected chi connectivity index (χ4v) is 2.93. The van der Waals surface area contributed by atoms with E-state index in [0.29, 0.717) is 11.1 Å². The Morgan fingerprint density at radius 1 is 0.964 bits per heavy atom. The molecule has 0 aliphatic heterocycles. The second-order valence-corrected chi connectivity index (χ2v) is 6.37. The molecule has 0 aliphatic rings. The van der Waals surface area contributed by atoms with Gasteiger partial charge in [-0.25, -0.2) is 8.78 Å². The smallest absolute Gasteiger partial charge is 0.320 e. The molecule has 0 aliphatic carbocycles. The molecule has 0 bridgehead atoms. The Morgan fingerprint density at radius 2 is 1.68 bits per heavy atom. The zero-order chi connectivity index (χ0) is 20.1. The zero-order valence-electron chi connectivity index (χ0n) is 15.0. The predicted molar refractivity (Wildman–Crippen MR) is 106 cm³/mol. The van der Waals surface area contributed by atoms with E-state index < -0.39 is 23.6 Å². The minimum absolute atomic E-state index is 0.0110. The van der Waals surface area contributed by atoms with E-state index >= 15 is 0 Å². The first kappa shape index (κ1) is 19.5. The van der Waals surface area contributed by atoms with Crippen LogP contribution in [-0.4, -0.2) is 17.1 Å². The minimum Gasteiger partial charge on any atom is -0.480 e. The van der Waals surface area contributed by atoms with Crippen LogP contribution in [0.25, 0.3) is 16.7 Å². The fourth-order valence-electron chi connectivity index (χ4n) is 2.93. The van der Waals surface area contributed by atoms with Crippen molar-refractivity contribution < 1.29 is 18.7 Å². The van der Waals surface area contributed by atoms with Gasteiger partial charge in [-0.15, -0.1) is 0 Å². The van der Waals surface area contributed by atoms with Gasteiger partial charge >= 0.3 is 5.97 Å². The van der Waals surface area contributed by atoms with E-state index in [9.17, 15) is 13.6 Å². The lowest BCUT2D eigenvalue weighted by Gasteiger charge is -2.13. The number of carboxylic acids is 1. The highest BCUT2D eigenvalue weighted by Gasteiger charge is 2.15. The zero-order valence-corrected chi connectivity index (χ0v) is 15.0. The van der Waals surface area contributed by atoms with Crippen LogP contribution < -0.4 is 5.73 Å². The van der Waals surface area contributed by atoms with E-state index in [0.717, 1.165) is 17.2 Å². The Labute approximate surface area is 161 Å². The Hall–Kier alpha value is -3.31. The van der Waals surface area contributed by atoms with Gasteiger partial charge in [0, 0.05) is 11.6 Å². The summed E-state index contributed by atoms with van der Waals surface area (Å²) < 4.78 is 27.8. The summed E-state index contributed by atoms with van der Waals surface area (Å²) in [5.41, 5.74) is 8.86. The number of hydrogen-bond acceptors (Lipinski definition) is 2. The van der Waals surface area contributed by atoms with Crippen LogP contribution in [0, 0.1) is 11.6 Å². The molecule has 0 saturated heterocycles. The van der Waals surface area contributed by atoms with Crippen LogP contribution in [0.3, 0.4) is 0 Å². The molecule has 3 aromatic carbocycles. The minimum atomic E-state index is -1.15. The van der Waals surface area contributed by atoms with E-state index in [1.54, 1.807) is 12.1 Å². The van der Waals surface area contributed by atoms with Crippen molar-refractivity contribution in [2.75, 3.05) is 0 Å². The Bertz CT molecular complexity index is 1020. The molecule has 0 spiro atoms. The van der Waals surface area contributed by atoms with E-state index in [2.05, 4.69) is 0 Å². The quantitative estimate of drug-likeness (QED) is 0.643. The van der Waals surface area contributed by atoms with Gasteiger partial charge in [0.25, 0.3) is 0 Å². The average molecular weight is 379 g/mol. The molecule has 0 amide bonds. The highest BCUT2D eigenvalue weighted by atomic mass is 19.1.